The molecule has 0 amide bonds. The van der Waals surface area contributed by atoms with Crippen molar-refractivity contribution >= 4 is 92.3 Å². The summed E-state index contributed by atoms with van der Waals surface area (Å²) in [5, 5.41) is 9.33. The predicted molar refractivity (Wildman–Crippen MR) is 220 cm³/mol. The van der Waals surface area contributed by atoms with E-state index in [9.17, 15) is 0 Å². The molecule has 53 heavy (non-hydrogen) atoms. The van der Waals surface area contributed by atoms with Crippen LogP contribution in [0.15, 0.2) is 162 Å². The van der Waals surface area contributed by atoms with Gasteiger partial charge in [-0.15, -0.1) is 11.3 Å². The van der Waals surface area contributed by atoms with Gasteiger partial charge in [0.25, 0.3) is 0 Å². The van der Waals surface area contributed by atoms with Crippen molar-refractivity contribution in [2.24, 2.45) is 0 Å². The van der Waals surface area contributed by atoms with Gasteiger partial charge in [-0.1, -0.05) is 109 Å². The number of benzene rings is 8. The Hall–Kier alpha value is -6.89. The largest absolute Gasteiger partial charge is 0.456 e. The third kappa shape index (κ3) is 4.21. The van der Waals surface area contributed by atoms with Crippen LogP contribution in [0, 0.1) is 0 Å². The topological polar surface area (TPSA) is 55.1 Å². The Morgan fingerprint density at radius 3 is 2.06 bits per heavy atom. The molecule has 3 aromatic heterocycles. The van der Waals surface area contributed by atoms with Gasteiger partial charge in [-0.25, -0.2) is 4.98 Å². The highest BCUT2D eigenvalue weighted by molar-refractivity contribution is 7.25. The number of thiophene rings is 1. The van der Waals surface area contributed by atoms with Crippen molar-refractivity contribution in [3.05, 3.63) is 158 Å². The first-order chi connectivity index (χ1) is 26.2. The molecule has 0 saturated heterocycles. The highest BCUT2D eigenvalue weighted by atomic mass is 32.1. The van der Waals surface area contributed by atoms with Gasteiger partial charge < -0.3 is 4.42 Å². The molecule has 0 radical (unpaired) electrons. The quantitative estimate of drug-likeness (QED) is 0.184. The summed E-state index contributed by atoms with van der Waals surface area (Å²) in [4.78, 5) is 18.1. The van der Waals surface area contributed by atoms with E-state index in [2.05, 4.69) is 138 Å². The third-order valence-corrected chi connectivity index (χ3v) is 11.8. The number of anilines is 3. The Labute approximate surface area is 307 Å². The lowest BCUT2D eigenvalue weighted by Gasteiger charge is -2.32. The van der Waals surface area contributed by atoms with E-state index in [0.29, 0.717) is 17.6 Å². The van der Waals surface area contributed by atoms with Crippen LogP contribution in [0.5, 0.6) is 0 Å². The molecular weight excluding hydrogens is 669 g/mol. The summed E-state index contributed by atoms with van der Waals surface area (Å²) in [6.07, 6.45) is 0. The molecule has 4 heterocycles. The summed E-state index contributed by atoms with van der Waals surface area (Å²) < 4.78 is 8.67. The fraction of sp³-hybridized carbons (Fsp3) is 0. The van der Waals surface area contributed by atoms with E-state index in [1.807, 2.05) is 24.3 Å². The first-order valence-electron chi connectivity index (χ1n) is 17.7. The van der Waals surface area contributed by atoms with Gasteiger partial charge in [0, 0.05) is 53.0 Å². The van der Waals surface area contributed by atoms with Crippen LogP contribution in [0.2, 0.25) is 0 Å². The fourth-order valence-corrected chi connectivity index (χ4v) is 9.39. The van der Waals surface area contributed by atoms with Crippen molar-refractivity contribution in [2.75, 3.05) is 4.90 Å². The van der Waals surface area contributed by atoms with E-state index >= 15 is 0 Å². The van der Waals surface area contributed by atoms with Crippen molar-refractivity contribution in [1.29, 1.82) is 0 Å². The zero-order valence-corrected chi connectivity index (χ0v) is 28.9. The normalized spacial score (nSPS) is 12.5. The van der Waals surface area contributed by atoms with E-state index in [-0.39, 0.29) is 0 Å². The average Bonchev–Trinajstić information content (AvgIpc) is 3.78. The number of para-hydroxylation sites is 1. The Morgan fingerprint density at radius 1 is 0.453 bits per heavy atom. The predicted octanol–water partition coefficient (Wildman–Crippen LogP) is 13.2. The van der Waals surface area contributed by atoms with Gasteiger partial charge in [-0.3, -0.25) is 4.90 Å². The van der Waals surface area contributed by atoms with E-state index in [4.69, 9.17) is 19.4 Å². The minimum Gasteiger partial charge on any atom is -0.456 e. The highest BCUT2D eigenvalue weighted by Gasteiger charge is 2.30. The number of nitrogens with zero attached hydrogens (tertiary/aromatic N) is 4. The van der Waals surface area contributed by atoms with E-state index in [0.717, 1.165) is 44.4 Å². The minimum atomic E-state index is 0.567. The summed E-state index contributed by atoms with van der Waals surface area (Å²) in [7, 11) is 0. The zero-order chi connectivity index (χ0) is 34.6. The Bertz CT molecular complexity index is 3320. The first-order valence-corrected chi connectivity index (χ1v) is 18.5. The van der Waals surface area contributed by atoms with Gasteiger partial charge in [-0.2, -0.15) is 9.97 Å². The molecule has 246 valence electrons. The van der Waals surface area contributed by atoms with Gasteiger partial charge in [0.05, 0.1) is 11.4 Å². The average molecular weight is 695 g/mol. The molecule has 6 heteroatoms. The van der Waals surface area contributed by atoms with Crippen LogP contribution >= 0.6 is 11.3 Å². The van der Waals surface area contributed by atoms with E-state index in [1.165, 1.54) is 52.8 Å². The second-order valence-corrected chi connectivity index (χ2v) is 14.7. The van der Waals surface area contributed by atoms with E-state index < -0.39 is 0 Å². The summed E-state index contributed by atoms with van der Waals surface area (Å²) >= 11 is 1.80. The molecule has 8 aromatic carbocycles. The Balaban J connectivity index is 1.15. The Morgan fingerprint density at radius 2 is 1.15 bits per heavy atom. The van der Waals surface area contributed by atoms with Crippen LogP contribution < -0.4 is 4.90 Å². The minimum absolute atomic E-state index is 0.567. The summed E-state index contributed by atoms with van der Waals surface area (Å²) in [5.74, 6) is 1.79. The highest BCUT2D eigenvalue weighted by Crippen LogP contribution is 2.52. The van der Waals surface area contributed by atoms with Crippen molar-refractivity contribution in [1.82, 2.24) is 15.0 Å². The van der Waals surface area contributed by atoms with Crippen molar-refractivity contribution in [3.8, 4) is 33.9 Å². The molecule has 0 bridgehead atoms. The van der Waals surface area contributed by atoms with Crippen molar-refractivity contribution in [3.63, 3.8) is 0 Å². The maximum absolute atomic E-state index is 6.20. The molecule has 0 spiro atoms. The number of aromatic nitrogens is 3. The van der Waals surface area contributed by atoms with Crippen LogP contribution in [0.1, 0.15) is 0 Å². The lowest BCUT2D eigenvalue weighted by Crippen LogP contribution is -2.19. The van der Waals surface area contributed by atoms with Gasteiger partial charge >= 0.3 is 0 Å². The van der Waals surface area contributed by atoms with Crippen LogP contribution in [0.25, 0.3) is 97.6 Å². The SMILES string of the molecule is c1ccc2c3c(ccc2c1)N(c1nc(-c2ccc4c(c2)sc2ccccc24)nc(-c2ccc4oc5ccccc5c4c2)n1)c1cccc2cccc-3c12. The lowest BCUT2D eigenvalue weighted by atomic mass is 9.88. The van der Waals surface area contributed by atoms with Gasteiger partial charge in [0.1, 0.15) is 11.2 Å². The molecule has 11 aromatic rings. The van der Waals surface area contributed by atoms with Crippen molar-refractivity contribution < 1.29 is 4.42 Å². The molecule has 0 saturated carbocycles. The molecule has 1 aliphatic rings. The molecule has 12 rings (SSSR count). The molecular formula is C47H26N4OS. The number of fused-ring (bicyclic) bond motifs is 10. The van der Waals surface area contributed by atoms with Gasteiger partial charge in [0.15, 0.2) is 11.6 Å². The molecule has 0 unspecified atom stereocenters. The zero-order valence-electron chi connectivity index (χ0n) is 28.1. The van der Waals surface area contributed by atoms with Crippen LogP contribution in [-0.2, 0) is 0 Å². The van der Waals surface area contributed by atoms with Crippen LogP contribution in [0.4, 0.5) is 17.3 Å². The van der Waals surface area contributed by atoms with E-state index in [1.54, 1.807) is 11.3 Å². The molecule has 0 N–H and O–H groups in total. The number of hydrogen-bond donors (Lipinski definition) is 0. The van der Waals surface area contributed by atoms with Crippen LogP contribution in [0.3, 0.4) is 0 Å². The monoisotopic (exact) mass is 694 g/mol. The smallest absolute Gasteiger partial charge is 0.238 e. The van der Waals surface area contributed by atoms with Gasteiger partial charge in [-0.05, 0) is 70.3 Å². The number of rotatable bonds is 3. The molecule has 0 aliphatic carbocycles. The summed E-state index contributed by atoms with van der Waals surface area (Å²) in [5.41, 5.74) is 7.99. The number of furan rings is 1. The second-order valence-electron chi connectivity index (χ2n) is 13.6. The summed E-state index contributed by atoms with van der Waals surface area (Å²) in [6, 6.07) is 55.6. The summed E-state index contributed by atoms with van der Waals surface area (Å²) in [6.45, 7) is 0. The second kappa shape index (κ2) is 10.8. The molecule has 0 fully saturated rings. The molecule has 0 atom stereocenters. The Kier molecular flexibility index (Phi) is 5.87. The fourth-order valence-electron chi connectivity index (χ4n) is 8.24. The maximum atomic E-state index is 6.20. The lowest BCUT2D eigenvalue weighted by molar-refractivity contribution is 0.669. The molecule has 1 aliphatic heterocycles. The van der Waals surface area contributed by atoms with Crippen molar-refractivity contribution in [2.45, 2.75) is 0 Å². The first kappa shape index (κ1) is 28.8. The van der Waals surface area contributed by atoms with Crippen LogP contribution in [-0.4, -0.2) is 15.0 Å². The third-order valence-electron chi connectivity index (χ3n) is 10.6. The maximum Gasteiger partial charge on any atom is 0.238 e. The standard InChI is InChI=1S/C47H26N4OS/c1-2-12-31-27(9-1)20-23-38-44(31)35-15-7-10-28-11-8-16-37(43(28)35)51(38)47-49-45(29-21-24-40-36(25-29)32-13-3-5-17-39(32)52-40)48-46(50-47)30-19-22-34-33-14-4-6-18-41(33)53-42(34)26-30/h1-26H. The molecule has 5 nitrogen and oxygen atoms in total. The number of hydrogen-bond acceptors (Lipinski definition) is 6. The van der Waals surface area contributed by atoms with Gasteiger partial charge in [0.2, 0.25) is 5.95 Å².